The standard InChI is InChI=1S/C16H30N2O9/c1-17-5-9(26-15(24-4)10(19)6-18-2)7-25-16-14(22)13(21)12(20)11(27-16)8-23-3/h5-6,9-16,19-22H,7-8H2,1-4H3. The fourth-order valence-electron chi connectivity index (χ4n) is 2.50. The highest BCUT2D eigenvalue weighted by Gasteiger charge is 2.44. The summed E-state index contributed by atoms with van der Waals surface area (Å²) in [5, 5.41) is 39.8. The van der Waals surface area contributed by atoms with E-state index in [0.717, 1.165) is 0 Å². The van der Waals surface area contributed by atoms with Gasteiger partial charge in [-0.25, -0.2) is 0 Å². The van der Waals surface area contributed by atoms with Crippen molar-refractivity contribution in [2.24, 2.45) is 9.98 Å². The van der Waals surface area contributed by atoms with E-state index in [1.807, 2.05) is 0 Å². The fourth-order valence-corrected chi connectivity index (χ4v) is 2.50. The maximum absolute atomic E-state index is 10.1. The molecular weight excluding hydrogens is 364 g/mol. The van der Waals surface area contributed by atoms with Gasteiger partial charge >= 0.3 is 0 Å². The number of aliphatic imine (C=N–C) groups is 2. The second-order valence-electron chi connectivity index (χ2n) is 5.89. The molecule has 0 aromatic heterocycles. The van der Waals surface area contributed by atoms with Crippen molar-refractivity contribution in [1.82, 2.24) is 0 Å². The van der Waals surface area contributed by atoms with Gasteiger partial charge in [-0.1, -0.05) is 0 Å². The van der Waals surface area contributed by atoms with Crippen LogP contribution in [0.1, 0.15) is 0 Å². The zero-order valence-electron chi connectivity index (χ0n) is 15.9. The molecule has 1 heterocycles. The van der Waals surface area contributed by atoms with Crippen molar-refractivity contribution in [3.8, 4) is 0 Å². The van der Waals surface area contributed by atoms with Crippen molar-refractivity contribution >= 4 is 12.4 Å². The fraction of sp³-hybridized carbons (Fsp3) is 0.875. The molecule has 0 aromatic rings. The van der Waals surface area contributed by atoms with Crippen LogP contribution in [0.25, 0.3) is 0 Å². The molecule has 1 aliphatic heterocycles. The van der Waals surface area contributed by atoms with Crippen LogP contribution in [0.5, 0.6) is 0 Å². The summed E-state index contributed by atoms with van der Waals surface area (Å²) in [6.45, 7) is -0.118. The lowest BCUT2D eigenvalue weighted by Gasteiger charge is -2.40. The van der Waals surface area contributed by atoms with E-state index in [9.17, 15) is 20.4 Å². The highest BCUT2D eigenvalue weighted by atomic mass is 16.7. The van der Waals surface area contributed by atoms with Gasteiger partial charge in [0, 0.05) is 40.7 Å². The Kier molecular flexibility index (Phi) is 11.1. The van der Waals surface area contributed by atoms with Gasteiger partial charge < -0.3 is 44.1 Å². The number of ether oxygens (including phenoxy) is 5. The predicted octanol–water partition coefficient (Wildman–Crippen LogP) is -2.42. The second kappa shape index (κ2) is 12.4. The van der Waals surface area contributed by atoms with Crippen molar-refractivity contribution in [3.05, 3.63) is 0 Å². The molecule has 0 bridgehead atoms. The van der Waals surface area contributed by atoms with Crippen LogP contribution in [0.2, 0.25) is 0 Å². The topological polar surface area (TPSA) is 152 Å². The molecule has 1 rings (SSSR count). The molecule has 0 aliphatic carbocycles. The zero-order chi connectivity index (χ0) is 20.4. The number of aliphatic hydroxyl groups is 4. The SMILES string of the molecule is CN=CC(COC1OC(COC)C(O)C(O)C1O)OC(OC)C(O)C=NC. The molecular formula is C16H30N2O9. The highest BCUT2D eigenvalue weighted by Crippen LogP contribution is 2.22. The van der Waals surface area contributed by atoms with Gasteiger partial charge in [0.05, 0.1) is 13.2 Å². The molecule has 8 atom stereocenters. The Morgan fingerprint density at radius 1 is 1.04 bits per heavy atom. The average molecular weight is 394 g/mol. The van der Waals surface area contributed by atoms with Gasteiger partial charge in [-0.15, -0.1) is 0 Å². The molecule has 0 spiro atoms. The summed E-state index contributed by atoms with van der Waals surface area (Å²) < 4.78 is 26.6. The molecule has 27 heavy (non-hydrogen) atoms. The summed E-state index contributed by atoms with van der Waals surface area (Å²) in [6, 6.07) is 0. The third-order valence-corrected chi connectivity index (χ3v) is 3.86. The van der Waals surface area contributed by atoms with Crippen molar-refractivity contribution < 1.29 is 44.1 Å². The van der Waals surface area contributed by atoms with Gasteiger partial charge in [-0.3, -0.25) is 9.98 Å². The first-order valence-electron chi connectivity index (χ1n) is 8.40. The molecule has 1 fully saturated rings. The third-order valence-electron chi connectivity index (χ3n) is 3.86. The smallest absolute Gasteiger partial charge is 0.189 e. The first-order valence-corrected chi connectivity index (χ1v) is 8.40. The Hall–Kier alpha value is -1.02. The Morgan fingerprint density at radius 3 is 2.26 bits per heavy atom. The molecule has 0 aromatic carbocycles. The summed E-state index contributed by atoms with van der Waals surface area (Å²) in [4.78, 5) is 7.58. The quantitative estimate of drug-likeness (QED) is 0.221. The van der Waals surface area contributed by atoms with Crippen molar-refractivity contribution in [3.63, 3.8) is 0 Å². The molecule has 11 heteroatoms. The van der Waals surface area contributed by atoms with E-state index in [1.54, 1.807) is 0 Å². The van der Waals surface area contributed by atoms with Crippen LogP contribution in [0.15, 0.2) is 9.98 Å². The summed E-state index contributed by atoms with van der Waals surface area (Å²) in [5.41, 5.74) is 0. The van der Waals surface area contributed by atoms with E-state index in [0.29, 0.717) is 0 Å². The maximum Gasteiger partial charge on any atom is 0.189 e. The second-order valence-corrected chi connectivity index (χ2v) is 5.89. The number of hydrogen-bond acceptors (Lipinski definition) is 11. The average Bonchev–Trinajstić information content (AvgIpc) is 2.65. The van der Waals surface area contributed by atoms with E-state index in [4.69, 9.17) is 23.7 Å². The van der Waals surface area contributed by atoms with E-state index in [-0.39, 0.29) is 13.2 Å². The summed E-state index contributed by atoms with van der Waals surface area (Å²) in [6.07, 6.45) is -6.52. The Bertz CT molecular complexity index is 465. The molecule has 1 aliphatic rings. The summed E-state index contributed by atoms with van der Waals surface area (Å²) >= 11 is 0. The zero-order valence-corrected chi connectivity index (χ0v) is 15.9. The van der Waals surface area contributed by atoms with Crippen LogP contribution in [0, 0.1) is 0 Å². The molecule has 0 amide bonds. The van der Waals surface area contributed by atoms with Crippen LogP contribution in [0.3, 0.4) is 0 Å². The molecule has 11 nitrogen and oxygen atoms in total. The molecule has 1 saturated heterocycles. The van der Waals surface area contributed by atoms with Crippen molar-refractivity contribution in [2.75, 3.05) is 41.5 Å². The van der Waals surface area contributed by atoms with Gasteiger partial charge in [-0.05, 0) is 0 Å². The van der Waals surface area contributed by atoms with E-state index in [2.05, 4.69) is 9.98 Å². The third kappa shape index (κ3) is 7.14. The minimum atomic E-state index is -1.47. The summed E-state index contributed by atoms with van der Waals surface area (Å²) in [5.74, 6) is 0. The summed E-state index contributed by atoms with van der Waals surface area (Å²) in [7, 11) is 5.81. The van der Waals surface area contributed by atoms with Gasteiger partial charge in [0.25, 0.3) is 0 Å². The maximum atomic E-state index is 10.1. The monoisotopic (exact) mass is 394 g/mol. The number of rotatable bonds is 11. The van der Waals surface area contributed by atoms with Crippen LogP contribution in [-0.4, -0.2) is 124 Å². The van der Waals surface area contributed by atoms with Crippen LogP contribution in [0.4, 0.5) is 0 Å². The Labute approximate surface area is 158 Å². The molecule has 158 valence electrons. The highest BCUT2D eigenvalue weighted by molar-refractivity contribution is 5.64. The Balaban J connectivity index is 2.71. The number of nitrogens with zero attached hydrogens (tertiary/aromatic N) is 2. The minimum absolute atomic E-state index is 0.00937. The first kappa shape index (κ1) is 24.0. The molecule has 8 unspecified atom stereocenters. The predicted molar refractivity (Wildman–Crippen MR) is 95.0 cm³/mol. The lowest BCUT2D eigenvalue weighted by molar-refractivity contribution is -0.307. The van der Waals surface area contributed by atoms with Crippen molar-refractivity contribution in [2.45, 2.75) is 49.2 Å². The van der Waals surface area contributed by atoms with E-state index < -0.39 is 49.2 Å². The Morgan fingerprint density at radius 2 is 1.70 bits per heavy atom. The van der Waals surface area contributed by atoms with Crippen LogP contribution in [-0.2, 0) is 23.7 Å². The van der Waals surface area contributed by atoms with Gasteiger partial charge in [0.15, 0.2) is 12.6 Å². The molecule has 0 radical (unpaired) electrons. The lowest BCUT2D eigenvalue weighted by atomic mass is 9.99. The molecule has 4 N–H and O–H groups in total. The number of hydrogen-bond donors (Lipinski definition) is 4. The van der Waals surface area contributed by atoms with Gasteiger partial charge in [0.2, 0.25) is 0 Å². The van der Waals surface area contributed by atoms with Gasteiger partial charge in [-0.2, -0.15) is 0 Å². The van der Waals surface area contributed by atoms with Gasteiger partial charge in [0.1, 0.15) is 36.6 Å². The lowest BCUT2D eigenvalue weighted by Crippen LogP contribution is -2.59. The molecule has 0 saturated carbocycles. The number of aliphatic hydroxyl groups excluding tert-OH is 4. The van der Waals surface area contributed by atoms with E-state index >= 15 is 0 Å². The first-order chi connectivity index (χ1) is 12.9. The minimum Gasteiger partial charge on any atom is -0.387 e. The largest absolute Gasteiger partial charge is 0.387 e. The van der Waals surface area contributed by atoms with Crippen molar-refractivity contribution in [1.29, 1.82) is 0 Å². The number of methoxy groups -OCH3 is 2. The van der Waals surface area contributed by atoms with E-state index in [1.165, 1.54) is 40.7 Å². The van der Waals surface area contributed by atoms with Crippen LogP contribution >= 0.6 is 0 Å². The normalized spacial score (nSPS) is 32.8. The van der Waals surface area contributed by atoms with Crippen LogP contribution < -0.4 is 0 Å².